The molecular weight excluding hydrogens is 352 g/mol. The van der Waals surface area contributed by atoms with Crippen molar-refractivity contribution < 1.29 is 9.53 Å². The third kappa shape index (κ3) is 5.07. The van der Waals surface area contributed by atoms with E-state index in [1.807, 2.05) is 62.4 Å². The summed E-state index contributed by atoms with van der Waals surface area (Å²) < 4.78 is 5.36. The van der Waals surface area contributed by atoms with E-state index in [4.69, 9.17) is 4.74 Å². The lowest BCUT2D eigenvalue weighted by Crippen LogP contribution is -2.24. The second-order valence-electron chi connectivity index (χ2n) is 6.56. The largest absolute Gasteiger partial charge is 0.496 e. The fourth-order valence-electron chi connectivity index (χ4n) is 2.88. The number of hydrogen-bond acceptors (Lipinski definition) is 5. The van der Waals surface area contributed by atoms with Crippen molar-refractivity contribution >= 4 is 11.9 Å². The molecule has 0 fully saturated rings. The summed E-state index contributed by atoms with van der Waals surface area (Å²) in [6.45, 7) is 4.82. The Labute approximate surface area is 165 Å². The summed E-state index contributed by atoms with van der Waals surface area (Å²) in [6.07, 6.45) is 0. The molecule has 6 heteroatoms. The van der Waals surface area contributed by atoms with Crippen molar-refractivity contribution in [1.29, 1.82) is 0 Å². The highest BCUT2D eigenvalue weighted by Crippen LogP contribution is 2.18. The number of methoxy groups -OCH3 is 1. The molecule has 0 saturated heterocycles. The van der Waals surface area contributed by atoms with Crippen LogP contribution in [-0.4, -0.2) is 23.0 Å². The summed E-state index contributed by atoms with van der Waals surface area (Å²) in [4.78, 5) is 21.3. The molecule has 28 heavy (non-hydrogen) atoms. The molecule has 0 spiro atoms. The van der Waals surface area contributed by atoms with Gasteiger partial charge in [0.15, 0.2) is 0 Å². The predicted octanol–water partition coefficient (Wildman–Crippen LogP) is 3.64. The van der Waals surface area contributed by atoms with E-state index in [2.05, 4.69) is 20.6 Å². The molecule has 3 aromatic rings. The van der Waals surface area contributed by atoms with Gasteiger partial charge >= 0.3 is 0 Å². The number of nitrogens with zero attached hydrogens (tertiary/aromatic N) is 2. The molecule has 0 bridgehead atoms. The van der Waals surface area contributed by atoms with Gasteiger partial charge in [-0.3, -0.25) is 4.79 Å². The van der Waals surface area contributed by atoms with E-state index in [9.17, 15) is 4.79 Å². The minimum absolute atomic E-state index is 0.229. The van der Waals surface area contributed by atoms with Crippen LogP contribution in [0.25, 0.3) is 0 Å². The van der Waals surface area contributed by atoms with Crippen LogP contribution < -0.4 is 15.4 Å². The van der Waals surface area contributed by atoms with Crippen molar-refractivity contribution in [1.82, 2.24) is 15.3 Å². The minimum atomic E-state index is -0.229. The topological polar surface area (TPSA) is 76.1 Å². The number of hydrogen-bond donors (Lipinski definition) is 2. The van der Waals surface area contributed by atoms with Crippen LogP contribution >= 0.6 is 0 Å². The number of amides is 1. The van der Waals surface area contributed by atoms with Crippen molar-refractivity contribution in [3.05, 3.63) is 82.7 Å². The summed E-state index contributed by atoms with van der Waals surface area (Å²) in [5, 5.41) is 6.08. The van der Waals surface area contributed by atoms with Gasteiger partial charge in [0.2, 0.25) is 5.95 Å². The lowest BCUT2D eigenvalue weighted by molar-refractivity contribution is 0.0945. The van der Waals surface area contributed by atoms with Gasteiger partial charge in [-0.05, 0) is 31.5 Å². The smallest absolute Gasteiger partial charge is 0.270 e. The first-order valence-electron chi connectivity index (χ1n) is 9.10. The van der Waals surface area contributed by atoms with Crippen LogP contribution in [0.3, 0.4) is 0 Å². The molecule has 0 radical (unpaired) electrons. The van der Waals surface area contributed by atoms with Crippen molar-refractivity contribution in [3.8, 4) is 5.75 Å². The van der Waals surface area contributed by atoms with E-state index in [-0.39, 0.29) is 5.91 Å². The number of benzene rings is 2. The molecule has 6 nitrogen and oxygen atoms in total. The highest BCUT2D eigenvalue weighted by atomic mass is 16.5. The first kappa shape index (κ1) is 19.4. The van der Waals surface area contributed by atoms with E-state index in [1.54, 1.807) is 13.2 Å². The van der Waals surface area contributed by atoms with Crippen molar-refractivity contribution in [2.24, 2.45) is 0 Å². The average molecular weight is 376 g/mol. The Morgan fingerprint density at radius 1 is 1.00 bits per heavy atom. The van der Waals surface area contributed by atoms with Gasteiger partial charge in [0.1, 0.15) is 11.4 Å². The van der Waals surface area contributed by atoms with Crippen LogP contribution in [0.5, 0.6) is 5.75 Å². The maximum Gasteiger partial charge on any atom is 0.270 e. The maximum atomic E-state index is 12.5. The van der Waals surface area contributed by atoms with E-state index >= 15 is 0 Å². The standard InChI is InChI=1S/C22H24N4O2/c1-15-7-6-8-17(11-15)13-23-21(27)19-12-16(2)25-22(26-19)24-14-18-9-4-5-10-20(18)28-3/h4-12H,13-14H2,1-3H3,(H,23,27)(H,24,25,26). The summed E-state index contributed by atoms with van der Waals surface area (Å²) in [5.41, 5.74) is 4.25. The van der Waals surface area contributed by atoms with Crippen LogP contribution in [0.4, 0.5) is 5.95 Å². The molecule has 0 atom stereocenters. The Kier molecular flexibility index (Phi) is 6.22. The number of aryl methyl sites for hydroxylation is 2. The second-order valence-corrected chi connectivity index (χ2v) is 6.56. The van der Waals surface area contributed by atoms with E-state index < -0.39 is 0 Å². The molecule has 0 saturated carbocycles. The van der Waals surface area contributed by atoms with Crippen LogP contribution in [0.2, 0.25) is 0 Å². The predicted molar refractivity (Wildman–Crippen MR) is 109 cm³/mol. The minimum Gasteiger partial charge on any atom is -0.496 e. The molecule has 1 aromatic heterocycles. The number of para-hydroxylation sites is 1. The molecule has 0 unspecified atom stereocenters. The lowest BCUT2D eigenvalue weighted by Gasteiger charge is -2.11. The molecular formula is C22H24N4O2. The Morgan fingerprint density at radius 2 is 1.82 bits per heavy atom. The summed E-state index contributed by atoms with van der Waals surface area (Å²) in [5.74, 6) is 0.970. The number of nitrogens with one attached hydrogen (secondary N) is 2. The van der Waals surface area contributed by atoms with Gasteiger partial charge in [-0.25, -0.2) is 9.97 Å². The maximum absolute atomic E-state index is 12.5. The molecule has 144 valence electrons. The Morgan fingerprint density at radius 3 is 2.61 bits per heavy atom. The van der Waals surface area contributed by atoms with Crippen molar-refractivity contribution in [2.45, 2.75) is 26.9 Å². The number of carbonyl (C=O) groups is 1. The zero-order valence-corrected chi connectivity index (χ0v) is 16.3. The fourth-order valence-corrected chi connectivity index (χ4v) is 2.88. The zero-order chi connectivity index (χ0) is 19.9. The number of anilines is 1. The third-order valence-electron chi connectivity index (χ3n) is 4.25. The van der Waals surface area contributed by atoms with Gasteiger partial charge in [0.05, 0.1) is 7.11 Å². The highest BCUT2D eigenvalue weighted by Gasteiger charge is 2.11. The first-order valence-corrected chi connectivity index (χ1v) is 9.10. The highest BCUT2D eigenvalue weighted by molar-refractivity contribution is 5.92. The molecule has 2 aromatic carbocycles. The van der Waals surface area contributed by atoms with E-state index in [1.165, 1.54) is 0 Å². The molecule has 2 N–H and O–H groups in total. The average Bonchev–Trinajstić information content (AvgIpc) is 2.70. The Bertz CT molecular complexity index is 972. The SMILES string of the molecule is COc1ccccc1CNc1nc(C)cc(C(=O)NCc2cccc(C)c2)n1. The quantitative estimate of drug-likeness (QED) is 0.658. The molecule has 0 aliphatic heterocycles. The third-order valence-corrected chi connectivity index (χ3v) is 4.25. The van der Waals surface area contributed by atoms with Gasteiger partial charge in [0, 0.05) is 24.3 Å². The van der Waals surface area contributed by atoms with Gasteiger partial charge in [0.25, 0.3) is 5.91 Å². The number of ether oxygens (including phenoxy) is 1. The number of aromatic nitrogens is 2. The summed E-state index contributed by atoms with van der Waals surface area (Å²) in [7, 11) is 1.64. The van der Waals surface area contributed by atoms with Crippen LogP contribution in [0.1, 0.15) is 32.9 Å². The normalized spacial score (nSPS) is 10.4. The van der Waals surface area contributed by atoms with E-state index in [0.717, 1.165) is 28.1 Å². The Hall–Kier alpha value is -3.41. The first-order chi connectivity index (χ1) is 13.5. The Balaban J connectivity index is 1.67. The van der Waals surface area contributed by atoms with Crippen LogP contribution in [0, 0.1) is 13.8 Å². The lowest BCUT2D eigenvalue weighted by atomic mass is 10.1. The van der Waals surface area contributed by atoms with E-state index in [0.29, 0.717) is 24.7 Å². The number of carbonyl (C=O) groups excluding carboxylic acids is 1. The summed E-state index contributed by atoms with van der Waals surface area (Å²) in [6, 6.07) is 17.5. The van der Waals surface area contributed by atoms with Crippen molar-refractivity contribution in [3.63, 3.8) is 0 Å². The van der Waals surface area contributed by atoms with Crippen LogP contribution in [-0.2, 0) is 13.1 Å². The molecule has 0 aliphatic carbocycles. The monoisotopic (exact) mass is 376 g/mol. The summed E-state index contributed by atoms with van der Waals surface area (Å²) >= 11 is 0. The zero-order valence-electron chi connectivity index (χ0n) is 16.3. The van der Waals surface area contributed by atoms with Gasteiger partial charge in [-0.15, -0.1) is 0 Å². The second kappa shape index (κ2) is 8.99. The molecule has 0 aliphatic rings. The number of rotatable bonds is 7. The molecule has 1 heterocycles. The van der Waals surface area contributed by atoms with Crippen LogP contribution in [0.15, 0.2) is 54.6 Å². The molecule has 3 rings (SSSR count). The van der Waals surface area contributed by atoms with Gasteiger partial charge in [-0.2, -0.15) is 0 Å². The van der Waals surface area contributed by atoms with Gasteiger partial charge in [-0.1, -0.05) is 48.0 Å². The molecule has 1 amide bonds. The fraction of sp³-hybridized carbons (Fsp3) is 0.227. The van der Waals surface area contributed by atoms with Crippen molar-refractivity contribution in [2.75, 3.05) is 12.4 Å². The van der Waals surface area contributed by atoms with Gasteiger partial charge < -0.3 is 15.4 Å².